The summed E-state index contributed by atoms with van der Waals surface area (Å²) in [5, 5.41) is 12.7. The Morgan fingerprint density at radius 3 is 2.50 bits per heavy atom. The highest BCUT2D eigenvalue weighted by molar-refractivity contribution is 5.92. The van der Waals surface area contributed by atoms with Crippen molar-refractivity contribution in [2.24, 2.45) is 0 Å². The number of rotatable bonds is 5. The summed E-state index contributed by atoms with van der Waals surface area (Å²) in [7, 11) is 0. The number of anilines is 1. The van der Waals surface area contributed by atoms with Gasteiger partial charge in [-0.1, -0.05) is 30.3 Å². The molecule has 1 amide bonds. The van der Waals surface area contributed by atoms with Crippen molar-refractivity contribution in [2.45, 2.75) is 46.4 Å². The molecule has 1 aliphatic rings. The fraction of sp³-hybridized carbons (Fsp3) is 0.455. The first-order chi connectivity index (χ1) is 13.4. The number of morpholine rings is 1. The van der Waals surface area contributed by atoms with E-state index in [2.05, 4.69) is 11.4 Å². The summed E-state index contributed by atoms with van der Waals surface area (Å²) in [6.07, 6.45) is 0.292. The Kier molecular flexibility index (Phi) is 6.18. The lowest BCUT2D eigenvalue weighted by atomic mass is 10.2. The highest BCUT2D eigenvalue weighted by atomic mass is 16.5. The van der Waals surface area contributed by atoms with Crippen molar-refractivity contribution in [3.8, 4) is 6.07 Å². The molecule has 148 valence electrons. The highest BCUT2D eigenvalue weighted by Crippen LogP contribution is 2.27. The first-order valence-electron chi connectivity index (χ1n) is 9.81. The molecule has 2 aromatic rings. The topological polar surface area (TPSA) is 71.5 Å². The van der Waals surface area contributed by atoms with E-state index in [0.29, 0.717) is 24.5 Å². The zero-order chi connectivity index (χ0) is 20.3. The lowest BCUT2D eigenvalue weighted by Crippen LogP contribution is -3.16. The molecule has 2 N–H and O–H groups in total. The Bertz CT molecular complexity index is 872. The average molecular weight is 382 g/mol. The maximum atomic E-state index is 12.8. The molecule has 1 aromatic carbocycles. The summed E-state index contributed by atoms with van der Waals surface area (Å²) in [5.74, 6) is 0.528. The van der Waals surface area contributed by atoms with Crippen LogP contribution in [0, 0.1) is 25.2 Å². The zero-order valence-electron chi connectivity index (χ0n) is 17.1. The van der Waals surface area contributed by atoms with Crippen LogP contribution in [0.2, 0.25) is 0 Å². The van der Waals surface area contributed by atoms with Crippen LogP contribution < -0.4 is 10.2 Å². The van der Waals surface area contributed by atoms with Crippen LogP contribution in [0.4, 0.5) is 5.82 Å². The molecule has 2 atom stereocenters. The number of quaternary nitrogens is 1. The van der Waals surface area contributed by atoms with Gasteiger partial charge in [0.05, 0.1) is 5.56 Å². The molecule has 1 aromatic heterocycles. The highest BCUT2D eigenvalue weighted by Gasteiger charge is 2.28. The van der Waals surface area contributed by atoms with E-state index in [4.69, 9.17) is 4.74 Å². The van der Waals surface area contributed by atoms with Crippen LogP contribution in [0.1, 0.15) is 36.2 Å². The second kappa shape index (κ2) is 8.59. The third kappa shape index (κ3) is 4.44. The van der Waals surface area contributed by atoms with Gasteiger partial charge in [-0.25, -0.2) is 0 Å². The van der Waals surface area contributed by atoms with Crippen molar-refractivity contribution >= 4 is 11.7 Å². The van der Waals surface area contributed by atoms with Gasteiger partial charge in [-0.15, -0.1) is 0 Å². The summed E-state index contributed by atoms with van der Waals surface area (Å²) in [6.45, 7) is 10.6. The maximum Gasteiger partial charge on any atom is 0.280 e. The molecule has 0 saturated carbocycles. The predicted molar refractivity (Wildman–Crippen MR) is 108 cm³/mol. The Morgan fingerprint density at radius 2 is 1.89 bits per heavy atom. The molecule has 0 unspecified atom stereocenters. The minimum Gasteiger partial charge on any atom is -0.364 e. The van der Waals surface area contributed by atoms with Crippen molar-refractivity contribution < 1.29 is 14.4 Å². The van der Waals surface area contributed by atoms with Crippen LogP contribution in [0.15, 0.2) is 30.3 Å². The molecule has 0 radical (unpaired) electrons. The summed E-state index contributed by atoms with van der Waals surface area (Å²) < 4.78 is 7.79. The SMILES string of the molecule is Cc1c(C#N)c(NC(=O)C[NH+]2C[C@H](C)O[C@@H](C)C2)n(Cc2ccccc2)c1C. The molecule has 6 heteroatoms. The van der Waals surface area contributed by atoms with E-state index in [9.17, 15) is 10.1 Å². The molecular formula is C22H29N4O2+. The fourth-order valence-corrected chi connectivity index (χ4v) is 4.03. The lowest BCUT2D eigenvalue weighted by molar-refractivity contribution is -0.907. The number of amides is 1. The number of nitrogens with one attached hydrogen (secondary N) is 2. The van der Waals surface area contributed by atoms with Gasteiger partial charge in [0.25, 0.3) is 5.91 Å². The van der Waals surface area contributed by atoms with Crippen LogP contribution in [0.3, 0.4) is 0 Å². The maximum absolute atomic E-state index is 12.8. The molecule has 6 nitrogen and oxygen atoms in total. The molecular weight excluding hydrogens is 352 g/mol. The molecule has 0 spiro atoms. The molecule has 28 heavy (non-hydrogen) atoms. The van der Waals surface area contributed by atoms with Gasteiger partial charge in [0, 0.05) is 12.2 Å². The second-order valence-corrected chi connectivity index (χ2v) is 7.76. The number of ether oxygens (including phenoxy) is 1. The average Bonchev–Trinajstić information content (AvgIpc) is 2.85. The molecule has 2 heterocycles. The largest absolute Gasteiger partial charge is 0.364 e. The van der Waals surface area contributed by atoms with Crippen molar-refractivity contribution in [2.75, 3.05) is 25.0 Å². The molecule has 1 fully saturated rings. The second-order valence-electron chi connectivity index (χ2n) is 7.76. The zero-order valence-corrected chi connectivity index (χ0v) is 17.1. The standard InChI is InChI=1S/C22H28N4O2/c1-15-11-25(12-16(2)28-15)14-21(27)24-22-20(10-23)17(3)18(4)26(22)13-19-8-6-5-7-9-19/h5-9,15-16H,11-14H2,1-4H3,(H,24,27)/p+1/t15-,16-/m0/s1. The van der Waals surface area contributed by atoms with E-state index in [1.54, 1.807) is 0 Å². The lowest BCUT2D eigenvalue weighted by Gasteiger charge is -2.31. The number of aromatic nitrogens is 1. The van der Waals surface area contributed by atoms with E-state index in [1.165, 1.54) is 4.90 Å². The van der Waals surface area contributed by atoms with Crippen LogP contribution >= 0.6 is 0 Å². The van der Waals surface area contributed by atoms with Crippen molar-refractivity contribution in [3.05, 3.63) is 52.7 Å². The number of carbonyl (C=O) groups excluding carboxylic acids is 1. The third-order valence-corrected chi connectivity index (χ3v) is 5.41. The number of nitriles is 1. The van der Waals surface area contributed by atoms with Crippen LogP contribution in [0.5, 0.6) is 0 Å². The van der Waals surface area contributed by atoms with Gasteiger partial charge in [-0.2, -0.15) is 5.26 Å². The van der Waals surface area contributed by atoms with Crippen LogP contribution in [0.25, 0.3) is 0 Å². The van der Waals surface area contributed by atoms with Crippen molar-refractivity contribution in [1.82, 2.24) is 4.57 Å². The minimum atomic E-state index is -0.0698. The molecule has 0 aliphatic carbocycles. The summed E-state index contributed by atoms with van der Waals surface area (Å²) in [4.78, 5) is 14.0. The van der Waals surface area contributed by atoms with E-state index in [1.807, 2.05) is 62.6 Å². The number of hydrogen-bond acceptors (Lipinski definition) is 3. The normalized spacial score (nSPS) is 21.9. The summed E-state index contributed by atoms with van der Waals surface area (Å²) in [6, 6.07) is 12.3. The number of hydrogen-bond donors (Lipinski definition) is 2. The molecule has 1 saturated heterocycles. The number of benzene rings is 1. The van der Waals surface area contributed by atoms with Crippen molar-refractivity contribution in [3.63, 3.8) is 0 Å². The monoisotopic (exact) mass is 381 g/mol. The minimum absolute atomic E-state index is 0.0698. The van der Waals surface area contributed by atoms with Crippen LogP contribution in [-0.2, 0) is 16.1 Å². The Labute approximate surface area is 166 Å². The van der Waals surface area contributed by atoms with Gasteiger partial charge >= 0.3 is 0 Å². The number of carbonyl (C=O) groups is 1. The van der Waals surface area contributed by atoms with E-state index in [0.717, 1.165) is 29.9 Å². The predicted octanol–water partition coefficient (Wildman–Crippen LogP) is 1.66. The fourth-order valence-electron chi connectivity index (χ4n) is 4.03. The molecule has 3 rings (SSSR count). The van der Waals surface area contributed by atoms with Crippen molar-refractivity contribution in [1.29, 1.82) is 5.26 Å². The first kappa shape index (κ1) is 20.1. The Morgan fingerprint density at radius 1 is 1.25 bits per heavy atom. The first-order valence-corrected chi connectivity index (χ1v) is 9.81. The van der Waals surface area contributed by atoms with Gasteiger partial charge in [-0.3, -0.25) is 4.79 Å². The summed E-state index contributed by atoms with van der Waals surface area (Å²) in [5.41, 5.74) is 3.58. The Hall–Kier alpha value is -2.62. The van der Waals surface area contributed by atoms with E-state index >= 15 is 0 Å². The van der Waals surface area contributed by atoms with Gasteiger partial charge in [0.1, 0.15) is 37.2 Å². The molecule has 1 aliphatic heterocycles. The van der Waals surface area contributed by atoms with Crippen LogP contribution in [-0.4, -0.2) is 42.3 Å². The van der Waals surface area contributed by atoms with E-state index in [-0.39, 0.29) is 18.1 Å². The van der Waals surface area contributed by atoms with Gasteiger partial charge in [0.2, 0.25) is 0 Å². The quantitative estimate of drug-likeness (QED) is 0.827. The van der Waals surface area contributed by atoms with E-state index < -0.39 is 0 Å². The van der Waals surface area contributed by atoms with Gasteiger partial charge in [0.15, 0.2) is 6.54 Å². The third-order valence-electron chi connectivity index (χ3n) is 5.41. The summed E-state index contributed by atoms with van der Waals surface area (Å²) >= 11 is 0. The molecule has 0 bridgehead atoms. The number of nitrogens with zero attached hydrogens (tertiary/aromatic N) is 2. The Balaban J connectivity index is 1.81. The van der Waals surface area contributed by atoms with Gasteiger partial charge in [-0.05, 0) is 38.8 Å². The smallest absolute Gasteiger partial charge is 0.280 e. The van der Waals surface area contributed by atoms with Gasteiger partial charge < -0.3 is 19.5 Å².